The number of anilines is 1. The largest absolute Gasteiger partial charge is 0.368 e. The molecule has 1 aromatic rings. The molecule has 4 nitrogen and oxygen atoms in total. The lowest BCUT2D eigenvalue weighted by Crippen LogP contribution is -2.55. The first kappa shape index (κ1) is 11.4. The molecule has 0 unspecified atom stereocenters. The van der Waals surface area contributed by atoms with E-state index in [4.69, 9.17) is 5.73 Å². The molecule has 5 heteroatoms. The summed E-state index contributed by atoms with van der Waals surface area (Å²) in [6, 6.07) is 7.26. The zero-order chi connectivity index (χ0) is 11.8. The molecule has 1 saturated heterocycles. The number of nitrogens with zero attached hydrogens (tertiary/aromatic N) is 1. The van der Waals surface area contributed by atoms with E-state index in [1.807, 2.05) is 12.1 Å². The van der Waals surface area contributed by atoms with Crippen molar-refractivity contribution in [2.75, 3.05) is 23.7 Å². The molecule has 2 rings (SSSR count). The lowest BCUT2D eigenvalue weighted by atomic mass is 10.1. The minimum Gasteiger partial charge on any atom is -0.368 e. The highest BCUT2D eigenvalue weighted by Crippen LogP contribution is 2.22. The predicted octanol–water partition coefficient (Wildman–Crippen LogP) is 0.628. The lowest BCUT2D eigenvalue weighted by Gasteiger charge is -2.38. The summed E-state index contributed by atoms with van der Waals surface area (Å²) in [4.78, 5) is 2.52. The summed E-state index contributed by atoms with van der Waals surface area (Å²) in [5.74, 6) is 0.140. The molecule has 1 aromatic carbocycles. The summed E-state index contributed by atoms with van der Waals surface area (Å²) in [5.41, 5.74) is 6.73. The van der Waals surface area contributed by atoms with Crippen LogP contribution in [0.4, 0.5) is 5.69 Å². The molecule has 1 aliphatic rings. The van der Waals surface area contributed by atoms with Crippen LogP contribution in [0.3, 0.4) is 0 Å². The maximum absolute atomic E-state index is 11.6. The average Bonchev–Trinajstić information content (AvgIpc) is 2.25. The van der Waals surface area contributed by atoms with E-state index in [1.165, 1.54) is 0 Å². The summed E-state index contributed by atoms with van der Waals surface area (Å²) in [6.45, 7) is 3.34. The molecule has 1 heterocycles. The second-order valence-corrected chi connectivity index (χ2v) is 6.34. The van der Waals surface area contributed by atoms with Crippen LogP contribution < -0.4 is 10.6 Å². The van der Waals surface area contributed by atoms with Gasteiger partial charge in [-0.3, -0.25) is 0 Å². The fourth-order valence-corrected chi connectivity index (χ4v) is 2.64. The molecule has 88 valence electrons. The van der Waals surface area contributed by atoms with Crippen molar-refractivity contribution >= 4 is 15.5 Å². The van der Waals surface area contributed by atoms with E-state index < -0.39 is 9.84 Å². The van der Waals surface area contributed by atoms with Crippen LogP contribution in [0.5, 0.6) is 0 Å². The second-order valence-electron chi connectivity index (χ2n) is 4.06. The minimum absolute atomic E-state index is 0.140. The Hall–Kier alpha value is -1.07. The molecule has 0 radical (unpaired) electrons. The highest BCUT2D eigenvalue weighted by Gasteiger charge is 2.23. The van der Waals surface area contributed by atoms with E-state index >= 15 is 0 Å². The Morgan fingerprint density at radius 2 is 1.88 bits per heavy atom. The second kappa shape index (κ2) is 4.07. The summed E-state index contributed by atoms with van der Waals surface area (Å²) < 4.78 is 23.2. The molecule has 0 aliphatic carbocycles. The SMILES string of the molecule is CCS(=O)(=O)c1ccc(N2CC(N)C2)cc1. The first-order chi connectivity index (χ1) is 7.53. The number of nitrogens with two attached hydrogens (primary N) is 1. The molecule has 0 spiro atoms. The van der Waals surface area contributed by atoms with Crippen LogP contribution in [0.15, 0.2) is 29.2 Å². The van der Waals surface area contributed by atoms with Crippen LogP contribution in [0.25, 0.3) is 0 Å². The standard InChI is InChI=1S/C11H16N2O2S/c1-2-16(14,15)11-5-3-10(4-6-11)13-7-9(12)8-13/h3-6,9H,2,7-8,12H2,1H3. The molecule has 0 amide bonds. The van der Waals surface area contributed by atoms with Gasteiger partial charge in [-0.25, -0.2) is 8.42 Å². The zero-order valence-corrected chi connectivity index (χ0v) is 10.1. The quantitative estimate of drug-likeness (QED) is 0.841. The fraction of sp³-hybridized carbons (Fsp3) is 0.455. The van der Waals surface area contributed by atoms with Crippen LogP contribution in [0.1, 0.15) is 6.92 Å². The monoisotopic (exact) mass is 240 g/mol. The van der Waals surface area contributed by atoms with Gasteiger partial charge in [-0.1, -0.05) is 6.92 Å². The Bertz CT molecular complexity index is 461. The first-order valence-corrected chi connectivity index (χ1v) is 7.01. The van der Waals surface area contributed by atoms with Crippen LogP contribution in [0, 0.1) is 0 Å². The topological polar surface area (TPSA) is 63.4 Å². The van der Waals surface area contributed by atoms with Crippen molar-refractivity contribution in [3.63, 3.8) is 0 Å². The van der Waals surface area contributed by atoms with Crippen LogP contribution >= 0.6 is 0 Å². The molecule has 0 atom stereocenters. The van der Waals surface area contributed by atoms with E-state index in [-0.39, 0.29) is 11.8 Å². The van der Waals surface area contributed by atoms with Crippen LogP contribution in [0.2, 0.25) is 0 Å². The van der Waals surface area contributed by atoms with Gasteiger partial charge in [0, 0.05) is 24.8 Å². The van der Waals surface area contributed by atoms with E-state index in [0.29, 0.717) is 4.90 Å². The predicted molar refractivity (Wildman–Crippen MR) is 64.4 cm³/mol. The molecule has 2 N–H and O–H groups in total. The van der Waals surface area contributed by atoms with Crippen molar-refractivity contribution < 1.29 is 8.42 Å². The maximum atomic E-state index is 11.6. The van der Waals surface area contributed by atoms with Crippen molar-refractivity contribution in [1.29, 1.82) is 0 Å². The van der Waals surface area contributed by atoms with Gasteiger partial charge in [0.25, 0.3) is 0 Å². The minimum atomic E-state index is -3.08. The molecular weight excluding hydrogens is 224 g/mol. The van der Waals surface area contributed by atoms with Gasteiger partial charge in [-0.2, -0.15) is 0 Å². The Kier molecular flexibility index (Phi) is 2.90. The van der Waals surface area contributed by atoms with Crippen molar-refractivity contribution in [2.45, 2.75) is 17.9 Å². The third-order valence-electron chi connectivity index (χ3n) is 2.85. The highest BCUT2D eigenvalue weighted by molar-refractivity contribution is 7.91. The Labute approximate surface area is 96.0 Å². The van der Waals surface area contributed by atoms with E-state index in [0.717, 1.165) is 18.8 Å². The number of hydrogen-bond donors (Lipinski definition) is 1. The van der Waals surface area contributed by atoms with Crippen molar-refractivity contribution in [2.24, 2.45) is 5.73 Å². The molecule has 1 aliphatic heterocycles. The summed E-state index contributed by atoms with van der Waals surface area (Å²) in [5, 5.41) is 0. The van der Waals surface area contributed by atoms with Gasteiger partial charge in [-0.15, -0.1) is 0 Å². The number of sulfone groups is 1. The van der Waals surface area contributed by atoms with Gasteiger partial charge >= 0.3 is 0 Å². The summed E-state index contributed by atoms with van der Waals surface area (Å²) in [7, 11) is -3.08. The van der Waals surface area contributed by atoms with Gasteiger partial charge in [0.1, 0.15) is 0 Å². The van der Waals surface area contributed by atoms with Gasteiger partial charge in [0.2, 0.25) is 0 Å². The van der Waals surface area contributed by atoms with E-state index in [9.17, 15) is 8.42 Å². The lowest BCUT2D eigenvalue weighted by molar-refractivity contribution is 0.519. The Morgan fingerprint density at radius 1 is 1.31 bits per heavy atom. The average molecular weight is 240 g/mol. The fourth-order valence-electron chi connectivity index (χ4n) is 1.75. The summed E-state index contributed by atoms with van der Waals surface area (Å²) >= 11 is 0. The van der Waals surface area contributed by atoms with E-state index in [2.05, 4.69) is 4.90 Å². The molecule has 1 fully saturated rings. The molecule has 0 bridgehead atoms. The van der Waals surface area contributed by atoms with Crippen LogP contribution in [-0.4, -0.2) is 33.3 Å². The molecular formula is C11H16N2O2S. The normalized spacial score (nSPS) is 17.2. The molecule has 16 heavy (non-hydrogen) atoms. The zero-order valence-electron chi connectivity index (χ0n) is 9.26. The van der Waals surface area contributed by atoms with Crippen molar-refractivity contribution in [1.82, 2.24) is 0 Å². The molecule has 0 saturated carbocycles. The van der Waals surface area contributed by atoms with Gasteiger partial charge in [-0.05, 0) is 24.3 Å². The Morgan fingerprint density at radius 3 is 2.31 bits per heavy atom. The van der Waals surface area contributed by atoms with Gasteiger partial charge < -0.3 is 10.6 Å². The number of hydrogen-bond acceptors (Lipinski definition) is 4. The van der Waals surface area contributed by atoms with E-state index in [1.54, 1.807) is 19.1 Å². The maximum Gasteiger partial charge on any atom is 0.178 e. The highest BCUT2D eigenvalue weighted by atomic mass is 32.2. The van der Waals surface area contributed by atoms with Gasteiger partial charge in [0.15, 0.2) is 9.84 Å². The molecule has 0 aromatic heterocycles. The number of rotatable bonds is 3. The van der Waals surface area contributed by atoms with Crippen molar-refractivity contribution in [3.05, 3.63) is 24.3 Å². The summed E-state index contributed by atoms with van der Waals surface area (Å²) in [6.07, 6.45) is 0. The van der Waals surface area contributed by atoms with Crippen LogP contribution in [-0.2, 0) is 9.84 Å². The van der Waals surface area contributed by atoms with Gasteiger partial charge in [0.05, 0.1) is 10.6 Å². The van der Waals surface area contributed by atoms with Crippen molar-refractivity contribution in [3.8, 4) is 0 Å². The third kappa shape index (κ3) is 2.05. The smallest absolute Gasteiger partial charge is 0.178 e. The first-order valence-electron chi connectivity index (χ1n) is 5.36. The Balaban J connectivity index is 2.17. The number of benzene rings is 1. The third-order valence-corrected chi connectivity index (χ3v) is 4.60.